The van der Waals surface area contributed by atoms with Gasteiger partial charge < -0.3 is 148 Å². The summed E-state index contributed by atoms with van der Waals surface area (Å²) >= 11 is 10.9. The minimum atomic E-state index is -6.18. The van der Waals surface area contributed by atoms with Crippen LogP contribution in [0.5, 0.6) is 0 Å². The van der Waals surface area contributed by atoms with E-state index in [1.807, 2.05) is 0 Å². The molecule has 9 aromatic heterocycles. The van der Waals surface area contributed by atoms with Crippen molar-refractivity contribution >= 4 is 129 Å². The molecule has 5 fully saturated rings. The number of nitrogens with one attached hydrogen (secondary N) is 4. The normalized spacial score (nSPS) is 31.0. The fraction of sp³-hybridized carbons (Fsp3) is 0.556. The van der Waals surface area contributed by atoms with Crippen LogP contribution < -0.4 is 70.4 Å². The van der Waals surface area contributed by atoms with Gasteiger partial charge in [0.2, 0.25) is 17.8 Å². The maximum Gasteiger partial charge on any atom is 0.330 e. The van der Waals surface area contributed by atoms with E-state index in [0.29, 0.717) is 6.66 Å². The van der Waals surface area contributed by atoms with E-state index in [9.17, 15) is 62.3 Å². The Morgan fingerprint density at radius 1 is 0.491 bits per heavy atom. The van der Waals surface area contributed by atoms with Gasteiger partial charge in [0, 0.05) is 47.4 Å². The smallest absolute Gasteiger partial charge is 0.330 e. The molecule has 25 atom stereocenters. The summed E-state index contributed by atoms with van der Waals surface area (Å²) in [6.07, 6.45) is -29.6. The van der Waals surface area contributed by atoms with Crippen molar-refractivity contribution in [2.75, 3.05) is 91.1 Å². The summed E-state index contributed by atoms with van der Waals surface area (Å²) in [7, 11) is -12.3. The Balaban J connectivity index is 0.724. The number of aromatic amines is 4. The maximum atomic E-state index is 17.5. The highest BCUT2D eigenvalue weighted by Crippen LogP contribution is 2.56. The molecule has 14 rings (SSSR count). The van der Waals surface area contributed by atoms with Crippen LogP contribution in [0.4, 0.5) is 28.1 Å². The predicted octanol–water partition coefficient (Wildman–Crippen LogP) is -5.67. The molecule has 116 heavy (non-hydrogen) atoms. The van der Waals surface area contributed by atoms with Gasteiger partial charge in [-0.05, 0) is 0 Å². The van der Waals surface area contributed by atoms with Gasteiger partial charge in [-0.25, -0.2) is 39.1 Å². The van der Waals surface area contributed by atoms with E-state index in [1.165, 1.54) is 11.7 Å². The van der Waals surface area contributed by atoms with Crippen molar-refractivity contribution in [1.29, 1.82) is 0 Å². The van der Waals surface area contributed by atoms with Crippen molar-refractivity contribution in [1.82, 2.24) is 87.6 Å². The number of aromatic nitrogens is 18. The lowest BCUT2D eigenvalue weighted by molar-refractivity contribution is -0.240. The number of aliphatic hydroxyl groups is 1. The number of phosphoric acid groups is 2. The van der Waals surface area contributed by atoms with Gasteiger partial charge in [0.1, 0.15) is 112 Å². The first-order valence-corrected chi connectivity index (χ1v) is 43.5. The first-order chi connectivity index (χ1) is 54.9. The molecule has 62 heteroatoms. The third kappa shape index (κ3) is 17.3. The van der Waals surface area contributed by atoms with Crippen molar-refractivity contribution in [3.63, 3.8) is 0 Å². The van der Waals surface area contributed by atoms with Gasteiger partial charge in [-0.3, -0.25) is 75.6 Å². The van der Waals surface area contributed by atoms with Crippen molar-refractivity contribution in [3.05, 3.63) is 95.8 Å². The van der Waals surface area contributed by atoms with Gasteiger partial charge in [-0.2, -0.15) is 15.0 Å². The van der Waals surface area contributed by atoms with Gasteiger partial charge in [0.25, 0.3) is 37.9 Å². The number of halogens is 1. The monoisotopic (exact) mass is 1770 g/mol. The number of ether oxygens (including phenoxy) is 9. The average molecular weight is 1770 g/mol. The van der Waals surface area contributed by atoms with Crippen LogP contribution in [0.15, 0.2) is 67.9 Å². The summed E-state index contributed by atoms with van der Waals surface area (Å²) in [5.74, 6) is -1.42. The first kappa shape index (κ1) is 84.8. The lowest BCUT2D eigenvalue weighted by Crippen LogP contribution is -2.40. The molecule has 632 valence electrons. The summed E-state index contributed by atoms with van der Waals surface area (Å²) in [5, 5.41) is 11.3. The molecule has 0 radical (unpaired) electrons. The number of methoxy groups -OCH3 is 4. The SMILES string of the molecule is CO[C@H]1C(O)[C@@H](COP([O-])(=S)OC2[C@@H](COP(=O)([S-])OC3[C@@H](COP(=O)([O-])OC4[C@@H](COP(=O)([O-])OC5[C@@H](COP(C)(=O)[O-])O[C@@H](n6cnc7c(=O)[nH]c(N)nc76)[C@H]5OC)O[C@@H](n5cnc6c(=O)[nH]c(N)nc65)[C@H]4F)O[C@@H](n4cnc5c(N)ncnc54)[C@H]3OC)O[C@@H](n3cnc4c(=O)[nH]c(N)nc43)[C@H]2OC)O[C@H]1n1ccc(=O)[nH]c1=O. The van der Waals surface area contributed by atoms with E-state index in [2.05, 4.69) is 64.8 Å². The summed E-state index contributed by atoms with van der Waals surface area (Å²) in [6, 6.07) is 1.00. The van der Waals surface area contributed by atoms with E-state index in [4.69, 9.17) is 130 Å². The summed E-state index contributed by atoms with van der Waals surface area (Å²) in [5.41, 5.74) is 17.5. The minimum Gasteiger partial charge on any atom is -0.780 e. The number of phosphoric ester groups is 2. The number of aliphatic hydroxyl groups excluding tert-OH is 1. The molecule has 0 amide bonds. The average Bonchev–Trinajstić information content (AvgIpc) is 1.62. The molecule has 0 aromatic carbocycles. The second-order valence-electron chi connectivity index (χ2n) is 25.8. The fourth-order valence-electron chi connectivity index (χ4n) is 13.5. The zero-order valence-electron chi connectivity index (χ0n) is 59.7. The number of hydrogen-bond acceptors (Lipinski definition) is 47. The summed E-state index contributed by atoms with van der Waals surface area (Å²) in [6.45, 7) is -15.0. The molecule has 10 unspecified atom stereocenters. The molecule has 5 saturated heterocycles. The Labute approximate surface area is 654 Å². The lowest BCUT2D eigenvalue weighted by atomic mass is 10.1. The van der Waals surface area contributed by atoms with Crippen LogP contribution >= 0.6 is 36.8 Å². The molecule has 0 aliphatic carbocycles. The highest BCUT2D eigenvalue weighted by molar-refractivity contribution is 8.32. The van der Waals surface area contributed by atoms with E-state index in [0.717, 1.165) is 83.5 Å². The Morgan fingerprint density at radius 2 is 0.879 bits per heavy atom. The largest absolute Gasteiger partial charge is 0.780 e. The highest BCUT2D eigenvalue weighted by Gasteiger charge is 2.56. The van der Waals surface area contributed by atoms with Crippen LogP contribution in [0.25, 0.3) is 44.7 Å². The van der Waals surface area contributed by atoms with Gasteiger partial charge in [0.05, 0.1) is 58.3 Å². The molecule has 5 aliphatic heterocycles. The number of nitrogen functional groups attached to an aromatic ring is 4. The summed E-state index contributed by atoms with van der Waals surface area (Å²) in [4.78, 5) is 164. The number of rotatable bonds is 32. The fourth-order valence-corrected chi connectivity index (χ4v) is 18.7. The topological polar surface area (TPSA) is 740 Å². The summed E-state index contributed by atoms with van der Waals surface area (Å²) < 4.78 is 182. The zero-order chi connectivity index (χ0) is 83.2. The molecule has 5 aliphatic rings. The van der Waals surface area contributed by atoms with Crippen LogP contribution in [0.1, 0.15) is 31.1 Å². The molecular weight excluding hydrogens is 1710 g/mol. The van der Waals surface area contributed by atoms with Crippen LogP contribution in [0, 0.1) is 0 Å². The molecule has 0 spiro atoms. The van der Waals surface area contributed by atoms with Crippen LogP contribution in [0.2, 0.25) is 0 Å². The number of nitrogens with zero attached hydrogens (tertiary/aromatic N) is 14. The number of hydrogen-bond donors (Lipinski definition) is 9. The minimum absolute atomic E-state index is 0.000539. The second kappa shape index (κ2) is 33.2. The van der Waals surface area contributed by atoms with Gasteiger partial charge in [0.15, 0.2) is 89.1 Å². The Kier molecular flexibility index (Phi) is 24.3. The number of H-pyrrole nitrogens is 4. The molecule has 0 saturated carbocycles. The molecule has 14 heterocycles. The van der Waals surface area contributed by atoms with Gasteiger partial charge in [-0.1, -0.05) is 11.8 Å². The Morgan fingerprint density at radius 3 is 1.35 bits per heavy atom. The Bertz CT molecular complexity index is 5760. The third-order valence-corrected chi connectivity index (χ3v) is 24.2. The van der Waals surface area contributed by atoms with E-state index in [-0.39, 0.29) is 51.2 Å². The predicted molar refractivity (Wildman–Crippen MR) is 380 cm³/mol. The molecular formula is C54H65FN22O32P5S2-5. The standard InChI is InChI=1S/C54H70FN22O32P5S2/c1-92-34-29(79)18(101-47(34)73-7-6-23(78)66-54(73)83)8-99-113(90,115)109-33-22(105-50(37(33)95-4)77-17-65-28-42(77)69-53(59)72-45(28)82)12-100-114(91,116)108-32-21(104-48(36(32)94-3)74-14-62-25-38(56)60-13-61-39(25)74)11-98-111(86,87)106-30-19(102-46(24(30)55)75-15-63-26-40(75)67-51(57)70-43(26)80)10-97-112(88,89)107-31-20(9-96-110(5,84)85)103-49(35(31)93-2)76-16-64-27-41(76)68-52(58)71-44(27)81/h6-7,13-22,24,29-37,46-50,79H,8-12H2,1-5H3,(H,84,85)(H,86,87)(H,88,89)(H,90,115)(H,91,116)(H2,56,60,61)(H,66,78,83)(H3,57,67,70,80)(H3,58,68,71,81)(H3,59,69,72,82)/p-5/t18-,19-,20-,21-,22-,24+,29?,30?,31?,32?,33?,34+,35+,36+,37+,46-,47-,48-,49-,50-,113?,114?/m1/s1. The molecule has 54 nitrogen and oxygen atoms in total. The lowest BCUT2D eigenvalue weighted by Gasteiger charge is -2.36. The van der Waals surface area contributed by atoms with Gasteiger partial charge >= 0.3 is 5.69 Å². The van der Waals surface area contributed by atoms with Crippen LogP contribution in [-0.2, 0) is 126 Å². The van der Waals surface area contributed by atoms with Crippen molar-refractivity contribution in [2.24, 2.45) is 0 Å². The van der Waals surface area contributed by atoms with Crippen LogP contribution in [-0.4, -0.2) is 252 Å². The molecule has 13 N–H and O–H groups in total. The number of imidazole rings is 4. The van der Waals surface area contributed by atoms with Crippen LogP contribution in [0.3, 0.4) is 0 Å². The van der Waals surface area contributed by atoms with Gasteiger partial charge in [-0.15, -0.1) is 0 Å². The molecule has 9 aromatic rings. The third-order valence-electron chi connectivity index (χ3n) is 18.6. The zero-order valence-corrected chi connectivity index (χ0v) is 65.8. The quantitative estimate of drug-likeness (QED) is 0.0140. The second-order valence-corrected chi connectivity index (χ2v) is 35.7. The maximum absolute atomic E-state index is 17.5. The number of alkyl halides is 1. The van der Waals surface area contributed by atoms with Crippen molar-refractivity contribution in [2.45, 2.75) is 123 Å². The van der Waals surface area contributed by atoms with E-state index < -0.39 is 238 Å². The van der Waals surface area contributed by atoms with E-state index >= 15 is 8.96 Å². The van der Waals surface area contributed by atoms with Crippen molar-refractivity contribution in [3.8, 4) is 0 Å². The Hall–Kier alpha value is -7.59. The first-order valence-electron chi connectivity index (χ1n) is 33.5. The van der Waals surface area contributed by atoms with Crippen molar-refractivity contribution < 1.29 is 131 Å². The number of fused-ring (bicyclic) bond motifs is 4. The highest BCUT2D eigenvalue weighted by atomic mass is 32.7. The van der Waals surface area contributed by atoms with E-state index in [1.54, 1.807) is 0 Å². The number of anilines is 4. The molecule has 0 bridgehead atoms. The number of nitrogens with two attached hydrogens (primary N) is 4.